The number of aryl methyl sites for hydroxylation is 1. The second kappa shape index (κ2) is 7.97. The molecule has 32 heavy (non-hydrogen) atoms. The molecule has 2 N–H and O–H groups in total. The van der Waals surface area contributed by atoms with Gasteiger partial charge in [0.2, 0.25) is 0 Å². The van der Waals surface area contributed by atoms with E-state index in [9.17, 15) is 26.5 Å². The minimum atomic E-state index is -4.65. The minimum absolute atomic E-state index is 0.0635. The van der Waals surface area contributed by atoms with Crippen LogP contribution in [0.1, 0.15) is 10.4 Å². The Morgan fingerprint density at radius 1 is 1.31 bits per heavy atom. The number of nitrogens with zero attached hydrogens (tertiary/aromatic N) is 5. The molecule has 1 amide bonds. The van der Waals surface area contributed by atoms with E-state index in [0.29, 0.717) is 0 Å². The van der Waals surface area contributed by atoms with Gasteiger partial charge in [0, 0.05) is 31.2 Å². The summed E-state index contributed by atoms with van der Waals surface area (Å²) >= 11 is 0. The van der Waals surface area contributed by atoms with Crippen LogP contribution in [0.2, 0.25) is 0 Å². The molecule has 3 heterocycles. The predicted molar refractivity (Wildman–Crippen MR) is 106 cm³/mol. The fraction of sp³-hybridized carbons (Fsp3) is 0.111. The Morgan fingerprint density at radius 2 is 2.09 bits per heavy atom. The topological polar surface area (TPSA) is 141 Å². The van der Waals surface area contributed by atoms with Crippen molar-refractivity contribution in [2.45, 2.75) is 11.5 Å². The maximum Gasteiger partial charge on any atom is 0.387 e. The van der Waals surface area contributed by atoms with Crippen LogP contribution in [0.25, 0.3) is 16.9 Å². The molecule has 0 saturated heterocycles. The van der Waals surface area contributed by atoms with Gasteiger partial charge in [0.25, 0.3) is 16.0 Å². The van der Waals surface area contributed by atoms with Crippen LogP contribution in [-0.2, 0) is 17.2 Å². The molecule has 0 unspecified atom stereocenters. The Morgan fingerprint density at radius 3 is 2.81 bits per heavy atom. The van der Waals surface area contributed by atoms with Crippen LogP contribution in [0.5, 0.6) is 5.75 Å². The molecule has 0 aliphatic rings. The van der Waals surface area contributed by atoms with Crippen LogP contribution < -0.4 is 10.1 Å². The smallest absolute Gasteiger partial charge is 0.387 e. The third-order valence-electron chi connectivity index (χ3n) is 4.32. The van der Waals surface area contributed by atoms with Gasteiger partial charge < -0.3 is 10.1 Å². The van der Waals surface area contributed by atoms with Gasteiger partial charge >= 0.3 is 6.61 Å². The van der Waals surface area contributed by atoms with Crippen LogP contribution in [0.3, 0.4) is 0 Å². The van der Waals surface area contributed by atoms with Crippen molar-refractivity contribution in [1.29, 1.82) is 0 Å². The van der Waals surface area contributed by atoms with E-state index in [4.69, 9.17) is 0 Å². The highest BCUT2D eigenvalue weighted by Crippen LogP contribution is 2.36. The molecule has 0 saturated carbocycles. The number of benzene rings is 1. The monoisotopic (exact) mass is 464 g/mol. The number of carbonyl (C=O) groups excluding carboxylic acids is 1. The summed E-state index contributed by atoms with van der Waals surface area (Å²) < 4.78 is 65.4. The average Bonchev–Trinajstić information content (AvgIpc) is 3.30. The summed E-state index contributed by atoms with van der Waals surface area (Å²) in [5, 5.41) is 10.8. The summed E-state index contributed by atoms with van der Waals surface area (Å²) in [6, 6.07) is 4.41. The number of anilines is 1. The van der Waals surface area contributed by atoms with Crippen molar-refractivity contribution in [2.24, 2.45) is 7.05 Å². The van der Waals surface area contributed by atoms with Crippen molar-refractivity contribution in [3.8, 4) is 17.0 Å². The molecular weight excluding hydrogens is 450 g/mol. The molecule has 14 heteroatoms. The summed E-state index contributed by atoms with van der Waals surface area (Å²) in [5.74, 6) is -1.02. The zero-order valence-corrected chi connectivity index (χ0v) is 17.0. The van der Waals surface area contributed by atoms with Crippen LogP contribution in [-0.4, -0.2) is 49.9 Å². The summed E-state index contributed by atoms with van der Waals surface area (Å²) in [7, 11) is -3.14. The Labute approximate surface area is 179 Å². The van der Waals surface area contributed by atoms with Crippen molar-refractivity contribution >= 4 is 27.4 Å². The molecule has 166 valence electrons. The number of carbonyl (C=O) groups is 1. The number of hydrogen-bond donors (Lipinski definition) is 2. The van der Waals surface area contributed by atoms with E-state index in [1.807, 2.05) is 0 Å². The lowest BCUT2D eigenvalue weighted by molar-refractivity contribution is -0.0494. The van der Waals surface area contributed by atoms with E-state index in [0.717, 1.165) is 18.2 Å². The van der Waals surface area contributed by atoms with Crippen LogP contribution in [0.4, 0.5) is 14.5 Å². The number of fused-ring (bicyclic) bond motifs is 1. The fourth-order valence-electron chi connectivity index (χ4n) is 3.01. The summed E-state index contributed by atoms with van der Waals surface area (Å²) in [5.41, 5.74) is 0.238. The van der Waals surface area contributed by atoms with Gasteiger partial charge in [-0.3, -0.25) is 14.0 Å². The lowest BCUT2D eigenvalue weighted by Crippen LogP contribution is -2.12. The third kappa shape index (κ3) is 4.13. The lowest BCUT2D eigenvalue weighted by atomic mass is 10.1. The van der Waals surface area contributed by atoms with Gasteiger partial charge in [-0.2, -0.15) is 27.4 Å². The van der Waals surface area contributed by atoms with Crippen molar-refractivity contribution in [3.63, 3.8) is 0 Å². The molecule has 3 aromatic heterocycles. The standard InChI is InChI=1S/C18H14F2N6O5S/c1-25-9-13(23-17(27)12-8-22-26-6-2-5-21-16(12)26)15(24-25)11-7-10(32(28,29)30)3-4-14(11)31-18(19)20/h2-9,18H,1H3,(H,23,27)(H,28,29,30). The number of ether oxygens (including phenoxy) is 1. The highest BCUT2D eigenvalue weighted by Gasteiger charge is 2.23. The molecule has 0 aliphatic carbocycles. The molecule has 0 atom stereocenters. The Bertz CT molecular complexity index is 1430. The van der Waals surface area contributed by atoms with E-state index >= 15 is 0 Å². The zero-order chi connectivity index (χ0) is 23.0. The van der Waals surface area contributed by atoms with Gasteiger partial charge in [-0.05, 0) is 24.3 Å². The molecule has 1 aromatic carbocycles. The highest BCUT2D eigenvalue weighted by atomic mass is 32.2. The molecule has 0 spiro atoms. The Hall–Kier alpha value is -3.91. The zero-order valence-electron chi connectivity index (χ0n) is 16.2. The normalized spacial score (nSPS) is 11.8. The average molecular weight is 464 g/mol. The Kier molecular flexibility index (Phi) is 5.31. The van der Waals surface area contributed by atoms with Crippen molar-refractivity contribution in [3.05, 3.63) is 54.6 Å². The SMILES string of the molecule is Cn1cc(NC(=O)c2cnn3cccnc23)c(-c2cc(S(=O)(=O)O)ccc2OC(F)F)n1. The molecule has 4 rings (SSSR count). The molecule has 0 bridgehead atoms. The van der Waals surface area contributed by atoms with Crippen molar-refractivity contribution in [1.82, 2.24) is 24.4 Å². The molecule has 11 nitrogen and oxygen atoms in total. The highest BCUT2D eigenvalue weighted by molar-refractivity contribution is 7.85. The van der Waals surface area contributed by atoms with Gasteiger partial charge in [0.15, 0.2) is 5.65 Å². The first-order valence-corrected chi connectivity index (χ1v) is 10.3. The van der Waals surface area contributed by atoms with Crippen LogP contribution >= 0.6 is 0 Å². The summed E-state index contributed by atoms with van der Waals surface area (Å²) in [6.45, 7) is -3.21. The van der Waals surface area contributed by atoms with Crippen LogP contribution in [0, 0.1) is 0 Å². The van der Waals surface area contributed by atoms with Crippen LogP contribution in [0.15, 0.2) is 53.9 Å². The second-order valence-corrected chi connectivity index (χ2v) is 7.90. The molecule has 4 aromatic rings. The lowest BCUT2D eigenvalue weighted by Gasteiger charge is -2.12. The van der Waals surface area contributed by atoms with Gasteiger partial charge in [-0.1, -0.05) is 0 Å². The van der Waals surface area contributed by atoms with Crippen molar-refractivity contribution < 1.29 is 31.3 Å². The van der Waals surface area contributed by atoms with E-state index in [1.165, 1.54) is 34.8 Å². The maximum atomic E-state index is 12.9. The van der Waals surface area contributed by atoms with Gasteiger partial charge in [-0.15, -0.1) is 0 Å². The predicted octanol–water partition coefficient (Wildman–Crippen LogP) is 2.23. The largest absolute Gasteiger partial charge is 0.434 e. The minimum Gasteiger partial charge on any atom is -0.434 e. The molecule has 0 fully saturated rings. The molecule has 0 aliphatic heterocycles. The van der Waals surface area contributed by atoms with E-state index in [1.54, 1.807) is 12.3 Å². The quantitative estimate of drug-likeness (QED) is 0.414. The first-order chi connectivity index (χ1) is 15.1. The summed E-state index contributed by atoms with van der Waals surface area (Å²) in [6.07, 6.45) is 5.78. The van der Waals surface area contributed by atoms with E-state index < -0.39 is 33.3 Å². The van der Waals surface area contributed by atoms with E-state index in [2.05, 4.69) is 25.2 Å². The number of rotatable bonds is 6. The Balaban J connectivity index is 1.79. The van der Waals surface area contributed by atoms with Gasteiger partial charge in [0.05, 0.1) is 16.8 Å². The first-order valence-electron chi connectivity index (χ1n) is 8.83. The molecular formula is C18H14F2N6O5S. The number of hydrogen-bond acceptors (Lipinski definition) is 7. The second-order valence-electron chi connectivity index (χ2n) is 6.48. The number of amides is 1. The molecule has 0 radical (unpaired) electrons. The van der Waals surface area contributed by atoms with Crippen molar-refractivity contribution in [2.75, 3.05) is 5.32 Å². The number of aromatic nitrogens is 5. The van der Waals surface area contributed by atoms with Gasteiger partial charge in [-0.25, -0.2) is 9.50 Å². The van der Waals surface area contributed by atoms with Gasteiger partial charge in [0.1, 0.15) is 17.0 Å². The number of nitrogens with one attached hydrogen (secondary N) is 1. The third-order valence-corrected chi connectivity index (χ3v) is 5.17. The number of alkyl halides is 2. The maximum absolute atomic E-state index is 12.9. The number of halogens is 2. The summed E-state index contributed by atoms with van der Waals surface area (Å²) in [4.78, 5) is 16.4. The fourth-order valence-corrected chi connectivity index (χ4v) is 3.52. The first kappa shape index (κ1) is 21.3. The van der Waals surface area contributed by atoms with E-state index in [-0.39, 0.29) is 28.2 Å².